The smallest absolute Gasteiger partial charge is 0.311 e. The van der Waals surface area contributed by atoms with Crippen molar-refractivity contribution in [2.45, 2.75) is 0 Å². The first-order valence-corrected chi connectivity index (χ1v) is 8.06. The van der Waals surface area contributed by atoms with Gasteiger partial charge < -0.3 is 19.8 Å². The van der Waals surface area contributed by atoms with Gasteiger partial charge in [0.25, 0.3) is 11.8 Å². The minimum Gasteiger partial charge on any atom is -0.490 e. The molecule has 2 aromatic carbocycles. The van der Waals surface area contributed by atoms with Gasteiger partial charge in [0.05, 0.1) is 18.3 Å². The van der Waals surface area contributed by atoms with Crippen molar-refractivity contribution in [1.29, 1.82) is 0 Å². The first kappa shape index (κ1) is 18.6. The van der Waals surface area contributed by atoms with E-state index in [4.69, 9.17) is 9.15 Å². The number of nitro benzene ring substituents is 1. The first-order chi connectivity index (χ1) is 13.5. The molecule has 0 radical (unpaired) electrons. The maximum atomic E-state index is 12.4. The summed E-state index contributed by atoms with van der Waals surface area (Å²) in [5, 5.41) is 16.4. The van der Waals surface area contributed by atoms with Crippen LogP contribution in [-0.4, -0.2) is 23.8 Å². The lowest BCUT2D eigenvalue weighted by Gasteiger charge is -2.09. The molecule has 0 fully saturated rings. The molecule has 0 atom stereocenters. The molecule has 0 unspecified atom stereocenters. The number of carbonyl (C=O) groups is 2. The van der Waals surface area contributed by atoms with Crippen molar-refractivity contribution in [3.8, 4) is 5.75 Å². The second-order valence-electron chi connectivity index (χ2n) is 5.61. The van der Waals surface area contributed by atoms with Crippen molar-refractivity contribution in [2.75, 3.05) is 17.7 Å². The number of nitro groups is 1. The van der Waals surface area contributed by atoms with E-state index in [1.54, 1.807) is 30.3 Å². The number of benzene rings is 2. The van der Waals surface area contributed by atoms with Crippen LogP contribution < -0.4 is 15.4 Å². The zero-order valence-electron chi connectivity index (χ0n) is 14.7. The third-order valence-electron chi connectivity index (χ3n) is 3.76. The van der Waals surface area contributed by atoms with Crippen LogP contribution in [0.5, 0.6) is 5.75 Å². The highest BCUT2D eigenvalue weighted by Crippen LogP contribution is 2.28. The van der Waals surface area contributed by atoms with Gasteiger partial charge in [-0.05, 0) is 42.5 Å². The van der Waals surface area contributed by atoms with Crippen molar-refractivity contribution in [1.82, 2.24) is 0 Å². The minimum atomic E-state index is -0.625. The van der Waals surface area contributed by atoms with Gasteiger partial charge in [0.2, 0.25) is 0 Å². The summed E-state index contributed by atoms with van der Waals surface area (Å²) in [5.41, 5.74) is 0.632. The van der Waals surface area contributed by atoms with E-state index >= 15 is 0 Å². The molecule has 2 N–H and O–H groups in total. The number of hydrogen-bond acceptors (Lipinski definition) is 6. The van der Waals surface area contributed by atoms with E-state index in [2.05, 4.69) is 10.6 Å². The van der Waals surface area contributed by atoms with Gasteiger partial charge in [-0.2, -0.15) is 0 Å². The fraction of sp³-hybridized carbons (Fsp3) is 0.0526. The highest BCUT2D eigenvalue weighted by Gasteiger charge is 2.18. The van der Waals surface area contributed by atoms with E-state index in [9.17, 15) is 19.7 Å². The SMILES string of the molecule is COc1ccc(C(=O)Nc2cccc(NC(=O)c3ccco3)c2)cc1[N+](=O)[O-]. The molecule has 0 saturated carbocycles. The summed E-state index contributed by atoms with van der Waals surface area (Å²) in [5.74, 6) is -0.760. The van der Waals surface area contributed by atoms with Crippen LogP contribution in [0.25, 0.3) is 0 Å². The van der Waals surface area contributed by atoms with E-state index in [-0.39, 0.29) is 22.8 Å². The minimum absolute atomic E-state index is 0.0594. The van der Waals surface area contributed by atoms with Crippen molar-refractivity contribution in [3.05, 3.63) is 82.3 Å². The van der Waals surface area contributed by atoms with E-state index < -0.39 is 16.7 Å². The Hall–Kier alpha value is -4.14. The van der Waals surface area contributed by atoms with E-state index in [1.807, 2.05) is 0 Å². The maximum absolute atomic E-state index is 12.4. The van der Waals surface area contributed by atoms with E-state index in [0.717, 1.165) is 6.07 Å². The third-order valence-corrected chi connectivity index (χ3v) is 3.76. The highest BCUT2D eigenvalue weighted by atomic mass is 16.6. The van der Waals surface area contributed by atoms with Crippen molar-refractivity contribution in [3.63, 3.8) is 0 Å². The molecule has 0 bridgehead atoms. The Balaban J connectivity index is 1.75. The predicted octanol–water partition coefficient (Wildman–Crippen LogP) is 3.70. The quantitative estimate of drug-likeness (QED) is 0.496. The molecule has 2 amide bonds. The summed E-state index contributed by atoms with van der Waals surface area (Å²) >= 11 is 0. The second-order valence-corrected chi connectivity index (χ2v) is 5.61. The largest absolute Gasteiger partial charge is 0.490 e. The molecule has 3 aromatic rings. The Kier molecular flexibility index (Phi) is 5.35. The number of ether oxygens (including phenoxy) is 1. The molecule has 0 spiro atoms. The van der Waals surface area contributed by atoms with Crippen LogP contribution in [0.1, 0.15) is 20.9 Å². The number of carbonyl (C=O) groups excluding carboxylic acids is 2. The fourth-order valence-electron chi connectivity index (χ4n) is 2.45. The third kappa shape index (κ3) is 4.15. The van der Waals surface area contributed by atoms with Crippen LogP contribution in [0.4, 0.5) is 17.1 Å². The molecule has 0 aliphatic rings. The summed E-state index contributed by atoms with van der Waals surface area (Å²) in [6, 6.07) is 13.5. The number of nitrogens with zero attached hydrogens (tertiary/aromatic N) is 1. The number of rotatable bonds is 6. The van der Waals surface area contributed by atoms with Crippen LogP contribution in [-0.2, 0) is 0 Å². The molecule has 142 valence electrons. The van der Waals surface area contributed by atoms with Gasteiger partial charge in [0.1, 0.15) is 0 Å². The lowest BCUT2D eigenvalue weighted by Crippen LogP contribution is -2.14. The standard InChI is InChI=1S/C19H15N3O6/c1-27-16-8-7-12(10-15(16)22(25)26)18(23)20-13-4-2-5-14(11-13)21-19(24)17-6-3-9-28-17/h2-11H,1H3,(H,20,23)(H,21,24). The number of amides is 2. The second kappa shape index (κ2) is 8.04. The van der Waals surface area contributed by atoms with Gasteiger partial charge in [-0.15, -0.1) is 0 Å². The Morgan fingerprint density at radius 2 is 1.71 bits per heavy atom. The monoisotopic (exact) mass is 381 g/mol. The Bertz CT molecular complexity index is 1030. The Labute approximate surface area is 159 Å². The van der Waals surface area contributed by atoms with Crippen molar-refractivity contribution >= 4 is 28.9 Å². The molecule has 0 saturated heterocycles. The number of nitrogens with one attached hydrogen (secondary N) is 2. The number of furan rings is 1. The van der Waals surface area contributed by atoms with Gasteiger partial charge in [0.15, 0.2) is 11.5 Å². The molecule has 0 aliphatic carbocycles. The van der Waals surface area contributed by atoms with Crippen LogP contribution in [0, 0.1) is 10.1 Å². The lowest BCUT2D eigenvalue weighted by molar-refractivity contribution is -0.385. The average molecular weight is 381 g/mol. The molecule has 28 heavy (non-hydrogen) atoms. The highest BCUT2D eigenvalue weighted by molar-refractivity contribution is 6.06. The summed E-state index contributed by atoms with van der Waals surface area (Å²) in [6.45, 7) is 0. The molecular formula is C19H15N3O6. The van der Waals surface area contributed by atoms with Crippen LogP contribution >= 0.6 is 0 Å². The van der Waals surface area contributed by atoms with Crippen molar-refractivity contribution < 1.29 is 23.7 Å². The van der Waals surface area contributed by atoms with Crippen LogP contribution in [0.15, 0.2) is 65.3 Å². The summed E-state index contributed by atoms with van der Waals surface area (Å²) in [6.07, 6.45) is 1.39. The molecule has 3 rings (SSSR count). The topological polar surface area (TPSA) is 124 Å². The Morgan fingerprint density at radius 3 is 2.32 bits per heavy atom. The summed E-state index contributed by atoms with van der Waals surface area (Å²) in [4.78, 5) is 34.9. The van der Waals surface area contributed by atoms with Gasteiger partial charge in [-0.3, -0.25) is 19.7 Å². The van der Waals surface area contributed by atoms with Crippen molar-refractivity contribution in [2.24, 2.45) is 0 Å². The fourth-order valence-corrected chi connectivity index (χ4v) is 2.45. The summed E-state index contributed by atoms with van der Waals surface area (Å²) in [7, 11) is 1.31. The maximum Gasteiger partial charge on any atom is 0.311 e. The molecule has 9 heteroatoms. The van der Waals surface area contributed by atoms with Gasteiger partial charge >= 0.3 is 5.69 Å². The molecule has 1 aromatic heterocycles. The zero-order valence-corrected chi connectivity index (χ0v) is 14.7. The molecule has 1 heterocycles. The average Bonchev–Trinajstić information content (AvgIpc) is 3.22. The molecular weight excluding hydrogens is 366 g/mol. The predicted molar refractivity (Wildman–Crippen MR) is 101 cm³/mol. The first-order valence-electron chi connectivity index (χ1n) is 8.06. The normalized spacial score (nSPS) is 10.2. The molecule has 0 aliphatic heterocycles. The van der Waals surface area contributed by atoms with Gasteiger partial charge in [0, 0.05) is 23.0 Å². The number of anilines is 2. The van der Waals surface area contributed by atoms with Crippen LogP contribution in [0.3, 0.4) is 0 Å². The summed E-state index contributed by atoms with van der Waals surface area (Å²) < 4.78 is 9.94. The number of methoxy groups -OCH3 is 1. The zero-order chi connectivity index (χ0) is 20.1. The van der Waals surface area contributed by atoms with Crippen LogP contribution in [0.2, 0.25) is 0 Å². The lowest BCUT2D eigenvalue weighted by atomic mass is 10.1. The van der Waals surface area contributed by atoms with E-state index in [1.165, 1.54) is 31.6 Å². The van der Waals surface area contributed by atoms with Gasteiger partial charge in [-0.1, -0.05) is 6.07 Å². The van der Waals surface area contributed by atoms with E-state index in [0.29, 0.717) is 11.4 Å². The van der Waals surface area contributed by atoms with Gasteiger partial charge in [-0.25, -0.2) is 0 Å². The Morgan fingerprint density at radius 1 is 1.00 bits per heavy atom. The number of hydrogen-bond donors (Lipinski definition) is 2. The molecule has 9 nitrogen and oxygen atoms in total.